The Balaban J connectivity index is 3.54. The van der Waals surface area contributed by atoms with E-state index in [1.54, 1.807) is 13.8 Å². The predicted molar refractivity (Wildman–Crippen MR) is 94.6 cm³/mol. The number of ether oxygens (including phenoxy) is 3. The van der Waals surface area contributed by atoms with Crippen molar-refractivity contribution < 1.29 is 93.2 Å². The van der Waals surface area contributed by atoms with E-state index in [2.05, 4.69) is 9.47 Å². The number of rotatable bonds is 8. The van der Waals surface area contributed by atoms with Crippen LogP contribution in [0.1, 0.15) is 39.5 Å². The Kier molecular flexibility index (Phi) is 10.1. The van der Waals surface area contributed by atoms with E-state index in [1.807, 2.05) is 0 Å². The summed E-state index contributed by atoms with van der Waals surface area (Å²) in [5.74, 6) is 0. The van der Waals surface area contributed by atoms with Crippen molar-refractivity contribution in [3.63, 3.8) is 0 Å². The van der Waals surface area contributed by atoms with E-state index >= 15 is 0 Å². The summed E-state index contributed by atoms with van der Waals surface area (Å²) < 4.78 is 247. The average molecular weight is 638 g/mol. The van der Waals surface area contributed by atoms with Crippen LogP contribution in [0, 0.1) is 5.41 Å². The van der Waals surface area contributed by atoms with Crippen molar-refractivity contribution in [3.05, 3.63) is 0 Å². The average Bonchev–Trinajstić information content (AvgIpc) is 2.63. The van der Waals surface area contributed by atoms with Crippen LogP contribution >= 0.6 is 0 Å². The smallest absolute Gasteiger partial charge is 0.370 e. The minimum atomic E-state index is -7.36. The number of halogens is 18. The van der Waals surface area contributed by atoms with Gasteiger partial charge in [-0.3, -0.25) is 0 Å². The van der Waals surface area contributed by atoms with Crippen LogP contribution in [0.5, 0.6) is 0 Å². The minimum Gasteiger partial charge on any atom is -0.370 e. The van der Waals surface area contributed by atoms with E-state index in [0.29, 0.717) is 0 Å². The van der Waals surface area contributed by atoms with Crippen LogP contribution in [-0.2, 0) is 14.2 Å². The van der Waals surface area contributed by atoms with Gasteiger partial charge < -0.3 is 14.2 Å². The quantitative estimate of drug-likeness (QED) is 0.251. The third-order valence-corrected chi connectivity index (χ3v) is 6.04. The first-order valence-electron chi connectivity index (χ1n) is 10.7. The molecule has 0 aromatic heterocycles. The fourth-order valence-corrected chi connectivity index (χ4v) is 3.80. The van der Waals surface area contributed by atoms with Crippen LogP contribution in [0.2, 0.25) is 0 Å². The summed E-state index contributed by atoms with van der Waals surface area (Å²) in [5.41, 5.74) is -14.6. The van der Waals surface area contributed by atoms with Gasteiger partial charge in [0.15, 0.2) is 0 Å². The first kappa shape index (κ1) is 36.6. The maximum Gasteiger partial charge on any atom is 0.435 e. The van der Waals surface area contributed by atoms with Crippen molar-refractivity contribution in [2.75, 3.05) is 13.2 Å². The normalized spacial score (nSPS) is 19.4. The van der Waals surface area contributed by atoms with Crippen LogP contribution in [-0.4, -0.2) is 73.7 Å². The summed E-state index contributed by atoms with van der Waals surface area (Å²) in [6.07, 6.45) is -48.9. The van der Waals surface area contributed by atoms with Gasteiger partial charge in [-0.1, -0.05) is 13.8 Å². The molecular formula is C19H20F18O3. The molecule has 0 unspecified atom stereocenters. The first-order valence-corrected chi connectivity index (χ1v) is 10.7. The van der Waals surface area contributed by atoms with E-state index in [1.165, 1.54) is 0 Å². The van der Waals surface area contributed by atoms with Gasteiger partial charge in [0.1, 0.15) is 6.10 Å². The van der Waals surface area contributed by atoms with Crippen molar-refractivity contribution in [1.29, 1.82) is 0 Å². The molecule has 0 spiro atoms. The molecule has 1 fully saturated rings. The highest BCUT2D eigenvalue weighted by atomic mass is 19.4. The summed E-state index contributed by atoms with van der Waals surface area (Å²) >= 11 is 0. The minimum absolute atomic E-state index is 0.126. The highest BCUT2D eigenvalue weighted by molar-refractivity contribution is 5.04. The maximum atomic E-state index is 13.1. The molecule has 1 aliphatic rings. The van der Waals surface area contributed by atoms with E-state index in [4.69, 9.17) is 4.74 Å². The number of hydrogen-bond donors (Lipinski definition) is 0. The number of hydrogen-bond acceptors (Lipinski definition) is 3. The van der Waals surface area contributed by atoms with Gasteiger partial charge in [-0.2, -0.15) is 79.0 Å². The lowest BCUT2D eigenvalue weighted by atomic mass is 9.76. The van der Waals surface area contributed by atoms with Crippen molar-refractivity contribution >= 4 is 0 Å². The molecule has 0 bridgehead atoms. The molecule has 0 aromatic rings. The zero-order valence-electron chi connectivity index (χ0n) is 19.9. The molecule has 3 nitrogen and oxygen atoms in total. The van der Waals surface area contributed by atoms with Crippen LogP contribution in [0.3, 0.4) is 0 Å². The van der Waals surface area contributed by atoms with E-state index in [9.17, 15) is 79.0 Å². The van der Waals surface area contributed by atoms with Crippen LogP contribution in [0.15, 0.2) is 0 Å². The fourth-order valence-electron chi connectivity index (χ4n) is 3.80. The Morgan fingerprint density at radius 1 is 0.525 bits per heavy atom. The lowest BCUT2D eigenvalue weighted by Crippen LogP contribution is -2.69. The molecule has 0 atom stereocenters. The van der Waals surface area contributed by atoms with Gasteiger partial charge in [-0.25, -0.2) is 0 Å². The maximum absolute atomic E-state index is 13.1. The van der Waals surface area contributed by atoms with Gasteiger partial charge in [-0.15, -0.1) is 0 Å². The highest BCUT2D eigenvalue weighted by Crippen LogP contribution is 2.56. The molecule has 0 aromatic carbocycles. The van der Waals surface area contributed by atoms with Gasteiger partial charge >= 0.3 is 48.3 Å². The molecule has 0 radical (unpaired) electrons. The van der Waals surface area contributed by atoms with E-state index in [-0.39, 0.29) is 25.7 Å². The Bertz CT molecular complexity index is 694. The molecule has 1 aliphatic carbocycles. The van der Waals surface area contributed by atoms with Gasteiger partial charge in [0.25, 0.3) is 0 Å². The van der Waals surface area contributed by atoms with Crippen LogP contribution in [0.25, 0.3) is 0 Å². The monoisotopic (exact) mass is 638 g/mol. The third-order valence-electron chi connectivity index (χ3n) is 6.04. The largest absolute Gasteiger partial charge is 0.435 e. The molecular weight excluding hydrogens is 618 g/mol. The van der Waals surface area contributed by atoms with Crippen LogP contribution < -0.4 is 0 Å². The lowest BCUT2D eigenvalue weighted by Gasteiger charge is -2.41. The summed E-state index contributed by atoms with van der Waals surface area (Å²) in [5, 5.41) is 0. The van der Waals surface area contributed by atoms with Crippen LogP contribution in [0.4, 0.5) is 79.0 Å². The van der Waals surface area contributed by atoms with Crippen molar-refractivity contribution in [2.24, 2.45) is 5.41 Å². The summed E-state index contributed by atoms with van der Waals surface area (Å²) in [6, 6.07) is 0. The molecule has 1 saturated carbocycles. The number of alkyl halides is 18. The van der Waals surface area contributed by atoms with Crippen molar-refractivity contribution in [2.45, 2.75) is 100.0 Å². The molecule has 240 valence electrons. The fraction of sp³-hybridized carbons (Fsp3) is 1.00. The molecule has 21 heteroatoms. The molecule has 0 heterocycles. The lowest BCUT2D eigenvalue weighted by molar-refractivity contribution is -0.465. The second-order valence-corrected chi connectivity index (χ2v) is 9.59. The molecule has 0 N–H and O–H groups in total. The topological polar surface area (TPSA) is 27.7 Å². The Labute approximate surface area is 213 Å². The van der Waals surface area contributed by atoms with Gasteiger partial charge in [0.05, 0.1) is 19.3 Å². The second kappa shape index (κ2) is 11.0. The van der Waals surface area contributed by atoms with Gasteiger partial charge in [-0.05, 0) is 31.1 Å². The standard InChI is InChI=1S/C19H20F18O3/c1-11(2)5-3-9(4-6-11)40-10(7-38-12(14(20,21)22,15(23,24)25)16(26,27)28)8-39-13(17(29,30)31,18(32,33)34)19(35,36)37/h9-10H,3-8H2,1-2H3. The molecule has 0 saturated heterocycles. The van der Waals surface area contributed by atoms with Crippen molar-refractivity contribution in [1.82, 2.24) is 0 Å². The molecule has 0 aliphatic heterocycles. The SMILES string of the molecule is CC1(C)CCC(OC(COC(C(F)(F)F)(C(F)(F)F)C(F)(F)F)COC(C(F)(F)F)(C(F)(F)F)C(F)(F)F)CC1. The highest BCUT2D eigenvalue weighted by Gasteiger charge is 2.87. The first-order chi connectivity index (χ1) is 17.4. The second-order valence-electron chi connectivity index (χ2n) is 9.59. The summed E-state index contributed by atoms with van der Waals surface area (Å²) in [6.45, 7) is -2.19. The predicted octanol–water partition coefficient (Wildman–Crippen LogP) is 8.23. The van der Waals surface area contributed by atoms with Gasteiger partial charge in [0, 0.05) is 0 Å². The Morgan fingerprint density at radius 2 is 0.775 bits per heavy atom. The Morgan fingerprint density at radius 3 is 1.00 bits per heavy atom. The van der Waals surface area contributed by atoms with Crippen molar-refractivity contribution in [3.8, 4) is 0 Å². The molecule has 40 heavy (non-hydrogen) atoms. The summed E-state index contributed by atoms with van der Waals surface area (Å²) in [4.78, 5) is 0. The zero-order valence-corrected chi connectivity index (χ0v) is 19.9. The Hall–Kier alpha value is -1.38. The van der Waals surface area contributed by atoms with E-state index in [0.717, 1.165) is 0 Å². The van der Waals surface area contributed by atoms with E-state index < -0.39 is 79.1 Å². The third kappa shape index (κ3) is 7.15. The zero-order chi connectivity index (χ0) is 32.0. The molecule has 1 rings (SSSR count). The van der Waals surface area contributed by atoms with Gasteiger partial charge in [0.2, 0.25) is 0 Å². The molecule has 0 amide bonds. The summed E-state index contributed by atoms with van der Waals surface area (Å²) in [7, 11) is 0.